The second-order valence-electron chi connectivity index (χ2n) is 5.88. The number of aromatic nitrogens is 1. The molecule has 1 N–H and O–H groups in total. The minimum atomic E-state index is -0.533. The standard InChI is InChI=1S/C19H12Cl4N4O3/c20-14-3-1-11(5-15(14)21)10-30-19-16(22)6-12(7-17(19)23)8-25-26-18-4-2-13(9-24-18)27(28)29/h1-9H,10H2,(H,24,26)/b25-8+. The number of ether oxygens (including phenoxy) is 1. The zero-order valence-electron chi connectivity index (χ0n) is 15.0. The molecule has 3 rings (SSSR count). The summed E-state index contributed by atoms with van der Waals surface area (Å²) < 4.78 is 5.72. The molecule has 0 bridgehead atoms. The van der Waals surface area contributed by atoms with Gasteiger partial charge in [0.25, 0.3) is 5.69 Å². The Balaban J connectivity index is 1.65. The van der Waals surface area contributed by atoms with Crippen LogP contribution in [0.3, 0.4) is 0 Å². The molecule has 0 aliphatic rings. The highest BCUT2D eigenvalue weighted by Gasteiger charge is 2.10. The van der Waals surface area contributed by atoms with Gasteiger partial charge in [0, 0.05) is 6.07 Å². The van der Waals surface area contributed by atoms with Crippen molar-refractivity contribution in [1.82, 2.24) is 4.98 Å². The van der Waals surface area contributed by atoms with E-state index in [0.29, 0.717) is 37.2 Å². The fourth-order valence-corrected chi connectivity index (χ4v) is 3.24. The largest absolute Gasteiger partial charge is 0.486 e. The lowest BCUT2D eigenvalue weighted by Crippen LogP contribution is -1.98. The lowest BCUT2D eigenvalue weighted by atomic mass is 10.2. The third kappa shape index (κ3) is 5.73. The SMILES string of the molecule is O=[N+]([O-])c1ccc(N/N=C/c2cc(Cl)c(OCc3ccc(Cl)c(Cl)c3)c(Cl)c2)nc1. The van der Waals surface area contributed by atoms with E-state index in [1.165, 1.54) is 18.3 Å². The van der Waals surface area contributed by atoms with Crippen LogP contribution in [0.5, 0.6) is 5.75 Å². The molecule has 0 unspecified atom stereocenters. The van der Waals surface area contributed by atoms with Crippen molar-refractivity contribution in [1.29, 1.82) is 0 Å². The van der Waals surface area contributed by atoms with Crippen molar-refractivity contribution in [2.45, 2.75) is 6.61 Å². The highest BCUT2D eigenvalue weighted by atomic mass is 35.5. The van der Waals surface area contributed by atoms with Gasteiger partial charge in [0.1, 0.15) is 18.6 Å². The van der Waals surface area contributed by atoms with Gasteiger partial charge in [-0.3, -0.25) is 15.5 Å². The van der Waals surface area contributed by atoms with Crippen LogP contribution in [0.25, 0.3) is 0 Å². The van der Waals surface area contributed by atoms with Crippen molar-refractivity contribution in [3.8, 4) is 5.75 Å². The number of hydrogen-bond acceptors (Lipinski definition) is 6. The van der Waals surface area contributed by atoms with Gasteiger partial charge in [-0.05, 0) is 41.5 Å². The van der Waals surface area contributed by atoms with Crippen molar-refractivity contribution in [3.05, 3.63) is 90.0 Å². The van der Waals surface area contributed by atoms with Crippen molar-refractivity contribution >= 4 is 64.1 Å². The quantitative estimate of drug-likeness (QED) is 0.230. The lowest BCUT2D eigenvalue weighted by molar-refractivity contribution is -0.385. The van der Waals surface area contributed by atoms with Crippen molar-refractivity contribution in [3.63, 3.8) is 0 Å². The van der Waals surface area contributed by atoms with E-state index in [1.54, 1.807) is 30.3 Å². The molecule has 0 saturated heterocycles. The maximum absolute atomic E-state index is 10.6. The maximum Gasteiger partial charge on any atom is 0.287 e. The van der Waals surface area contributed by atoms with Gasteiger partial charge in [0.05, 0.1) is 31.2 Å². The average molecular weight is 486 g/mol. The van der Waals surface area contributed by atoms with Crippen LogP contribution in [0.4, 0.5) is 11.5 Å². The molecule has 1 aromatic heterocycles. The van der Waals surface area contributed by atoms with E-state index in [-0.39, 0.29) is 12.3 Å². The maximum atomic E-state index is 10.6. The van der Waals surface area contributed by atoms with Crippen LogP contribution in [0.15, 0.2) is 53.8 Å². The van der Waals surface area contributed by atoms with Crippen LogP contribution in [0.2, 0.25) is 20.1 Å². The molecular formula is C19H12Cl4N4O3. The van der Waals surface area contributed by atoms with Gasteiger partial charge in [-0.15, -0.1) is 0 Å². The molecule has 0 radical (unpaired) electrons. The summed E-state index contributed by atoms with van der Waals surface area (Å²) >= 11 is 24.5. The van der Waals surface area contributed by atoms with Gasteiger partial charge in [-0.25, -0.2) is 4.98 Å². The van der Waals surface area contributed by atoms with Crippen molar-refractivity contribution < 1.29 is 9.66 Å². The molecule has 1 heterocycles. The number of hydrogen-bond donors (Lipinski definition) is 1. The molecule has 2 aromatic carbocycles. The number of hydrazone groups is 1. The molecular weight excluding hydrogens is 474 g/mol. The van der Waals surface area contributed by atoms with E-state index < -0.39 is 4.92 Å². The summed E-state index contributed by atoms with van der Waals surface area (Å²) in [6.45, 7) is 0.205. The number of pyridine rings is 1. The fraction of sp³-hybridized carbons (Fsp3) is 0.0526. The zero-order chi connectivity index (χ0) is 21.7. The highest BCUT2D eigenvalue weighted by Crippen LogP contribution is 2.35. The van der Waals surface area contributed by atoms with Crippen LogP contribution in [0.1, 0.15) is 11.1 Å². The Morgan fingerprint density at radius 1 is 1.03 bits per heavy atom. The molecule has 0 spiro atoms. The smallest absolute Gasteiger partial charge is 0.287 e. The van der Waals surface area contributed by atoms with Gasteiger partial charge < -0.3 is 4.74 Å². The summed E-state index contributed by atoms with van der Waals surface area (Å²) in [5.41, 5.74) is 3.97. The van der Waals surface area contributed by atoms with Gasteiger partial charge in [-0.1, -0.05) is 52.5 Å². The third-order valence-electron chi connectivity index (χ3n) is 3.74. The number of nitrogens with one attached hydrogen (secondary N) is 1. The summed E-state index contributed by atoms with van der Waals surface area (Å²) in [6.07, 6.45) is 2.61. The van der Waals surface area contributed by atoms with Gasteiger partial charge in [-0.2, -0.15) is 5.10 Å². The second kappa shape index (κ2) is 9.95. The molecule has 0 amide bonds. The molecule has 30 heavy (non-hydrogen) atoms. The number of rotatable bonds is 7. The number of halogens is 4. The normalized spacial score (nSPS) is 10.9. The Hall–Kier alpha value is -2.58. The molecule has 3 aromatic rings. The predicted molar refractivity (Wildman–Crippen MR) is 119 cm³/mol. The Morgan fingerprint density at radius 2 is 1.77 bits per heavy atom. The van der Waals surface area contributed by atoms with Crippen LogP contribution < -0.4 is 10.2 Å². The summed E-state index contributed by atoms with van der Waals surface area (Å²) in [5, 5.41) is 16.1. The Morgan fingerprint density at radius 3 is 2.37 bits per heavy atom. The predicted octanol–water partition coefficient (Wildman–Crippen LogP) is 6.63. The van der Waals surface area contributed by atoms with Crippen LogP contribution in [0, 0.1) is 10.1 Å². The Kier molecular flexibility index (Phi) is 7.33. The molecule has 0 atom stereocenters. The van der Waals surface area contributed by atoms with Crippen molar-refractivity contribution in [2.75, 3.05) is 5.43 Å². The van der Waals surface area contributed by atoms with E-state index in [2.05, 4.69) is 15.5 Å². The topological polar surface area (TPSA) is 89.7 Å². The van der Waals surface area contributed by atoms with Gasteiger partial charge >= 0.3 is 0 Å². The molecule has 0 saturated carbocycles. The fourth-order valence-electron chi connectivity index (χ4n) is 2.31. The Bertz CT molecular complexity index is 1080. The molecule has 0 aliphatic carbocycles. The van der Waals surface area contributed by atoms with Crippen LogP contribution in [-0.2, 0) is 6.61 Å². The first-order valence-electron chi connectivity index (χ1n) is 8.29. The van der Waals surface area contributed by atoms with E-state index in [1.807, 2.05) is 0 Å². The summed E-state index contributed by atoms with van der Waals surface area (Å²) in [4.78, 5) is 14.0. The van der Waals surface area contributed by atoms with Gasteiger partial charge in [0.2, 0.25) is 0 Å². The summed E-state index contributed by atoms with van der Waals surface area (Å²) in [5.74, 6) is 0.669. The summed E-state index contributed by atoms with van der Waals surface area (Å²) in [6, 6.07) is 11.2. The van der Waals surface area contributed by atoms with E-state index >= 15 is 0 Å². The molecule has 0 aliphatic heterocycles. The van der Waals surface area contributed by atoms with Gasteiger partial charge in [0.15, 0.2) is 5.75 Å². The number of benzene rings is 2. The highest BCUT2D eigenvalue weighted by molar-refractivity contribution is 6.42. The summed E-state index contributed by atoms with van der Waals surface area (Å²) in [7, 11) is 0. The minimum absolute atomic E-state index is 0.112. The lowest BCUT2D eigenvalue weighted by Gasteiger charge is -2.11. The first-order chi connectivity index (χ1) is 14.3. The van der Waals surface area contributed by atoms with E-state index in [4.69, 9.17) is 51.1 Å². The second-order valence-corrected chi connectivity index (χ2v) is 7.51. The average Bonchev–Trinajstić information content (AvgIpc) is 2.70. The molecule has 0 fully saturated rings. The first kappa shape index (κ1) is 22.1. The van der Waals surface area contributed by atoms with Crippen LogP contribution >= 0.6 is 46.4 Å². The first-order valence-corrected chi connectivity index (χ1v) is 9.80. The van der Waals surface area contributed by atoms with E-state index in [9.17, 15) is 10.1 Å². The molecule has 154 valence electrons. The minimum Gasteiger partial charge on any atom is -0.486 e. The Labute approximate surface area is 191 Å². The van der Waals surface area contributed by atoms with Crippen LogP contribution in [-0.4, -0.2) is 16.1 Å². The zero-order valence-corrected chi connectivity index (χ0v) is 18.0. The number of nitro groups is 1. The number of anilines is 1. The number of nitrogens with zero attached hydrogens (tertiary/aromatic N) is 3. The molecule has 11 heteroatoms. The molecule has 7 nitrogen and oxygen atoms in total. The van der Waals surface area contributed by atoms with E-state index in [0.717, 1.165) is 11.8 Å². The monoisotopic (exact) mass is 484 g/mol. The third-order valence-corrected chi connectivity index (χ3v) is 5.04. The van der Waals surface area contributed by atoms with Crippen molar-refractivity contribution in [2.24, 2.45) is 5.10 Å².